The number of anilines is 1. The molecule has 0 saturated carbocycles. The molecule has 0 N–H and O–H groups in total. The van der Waals surface area contributed by atoms with Crippen LogP contribution in [-0.4, -0.2) is 36.5 Å². The van der Waals surface area contributed by atoms with Gasteiger partial charge >= 0.3 is 0 Å². The summed E-state index contributed by atoms with van der Waals surface area (Å²) in [6.45, 7) is 7.74. The summed E-state index contributed by atoms with van der Waals surface area (Å²) < 4.78 is 5.55. The number of aryl methyl sites for hydroxylation is 1. The normalized spacial score (nSPS) is 22.9. The summed E-state index contributed by atoms with van der Waals surface area (Å²) in [7, 11) is 1.59. The van der Waals surface area contributed by atoms with Crippen molar-refractivity contribution in [2.24, 2.45) is 10.8 Å². The predicted molar refractivity (Wildman–Crippen MR) is 148 cm³/mol. The van der Waals surface area contributed by atoms with Crippen molar-refractivity contribution in [3.8, 4) is 5.75 Å². The van der Waals surface area contributed by atoms with E-state index in [-0.39, 0.29) is 17.3 Å². The smallest absolute Gasteiger partial charge is 0.180 e. The minimum Gasteiger partial charge on any atom is -0.497 e. The quantitative estimate of drug-likeness (QED) is 0.406. The van der Waals surface area contributed by atoms with Gasteiger partial charge in [-0.05, 0) is 42.3 Å². The molecule has 0 amide bonds. The molecule has 5 nitrogen and oxygen atoms in total. The van der Waals surface area contributed by atoms with Gasteiger partial charge in [-0.2, -0.15) is 0 Å². The Balaban J connectivity index is 1.70. The summed E-state index contributed by atoms with van der Waals surface area (Å²) in [4.78, 5) is 45.7. The summed E-state index contributed by atoms with van der Waals surface area (Å²) in [6, 6.07) is 19.3. The lowest BCUT2D eigenvalue weighted by Gasteiger charge is -2.38. The second-order valence-corrected chi connectivity index (χ2v) is 11.7. The highest BCUT2D eigenvalue weighted by Gasteiger charge is 2.71. The van der Waals surface area contributed by atoms with Crippen molar-refractivity contribution in [3.63, 3.8) is 0 Å². The first-order valence-electron chi connectivity index (χ1n) is 13.0. The van der Waals surface area contributed by atoms with Crippen LogP contribution >= 0.6 is 0 Å². The van der Waals surface area contributed by atoms with E-state index in [4.69, 9.17) is 4.74 Å². The van der Waals surface area contributed by atoms with E-state index in [0.29, 0.717) is 16.9 Å². The minimum atomic E-state index is -1.49. The van der Waals surface area contributed by atoms with E-state index in [1.54, 1.807) is 31.4 Å². The lowest BCUT2D eigenvalue weighted by Crippen LogP contribution is -2.49. The molecule has 2 heterocycles. The Hall–Kier alpha value is -3.99. The molecule has 1 fully saturated rings. The fraction of sp³-hybridized carbons (Fsp3) is 0.303. The number of methoxy groups -OCH3 is 1. The number of rotatable bonds is 3. The van der Waals surface area contributed by atoms with E-state index >= 15 is 0 Å². The third-order valence-corrected chi connectivity index (χ3v) is 8.42. The summed E-state index contributed by atoms with van der Waals surface area (Å²) in [6.07, 6.45) is 3.97. The molecule has 5 heteroatoms. The fourth-order valence-corrected chi connectivity index (χ4v) is 6.75. The van der Waals surface area contributed by atoms with Crippen LogP contribution in [0.1, 0.15) is 64.1 Å². The SMILES string of the molecule is COc1cccc([C@@H]2[C@@H](C(=O)C(C)(C)C)N3c4ccc(C)cc4C=CC3C23C(=O)c2ccccc2C3=O)c1. The van der Waals surface area contributed by atoms with Crippen molar-refractivity contribution in [1.29, 1.82) is 0 Å². The summed E-state index contributed by atoms with van der Waals surface area (Å²) in [5, 5.41) is 0. The van der Waals surface area contributed by atoms with Gasteiger partial charge < -0.3 is 9.64 Å². The van der Waals surface area contributed by atoms with Crippen LogP contribution in [0.4, 0.5) is 5.69 Å². The van der Waals surface area contributed by atoms with Crippen molar-refractivity contribution in [2.45, 2.75) is 45.7 Å². The van der Waals surface area contributed by atoms with E-state index in [1.165, 1.54) is 0 Å². The van der Waals surface area contributed by atoms with E-state index in [2.05, 4.69) is 11.0 Å². The van der Waals surface area contributed by atoms with Gasteiger partial charge in [0.25, 0.3) is 0 Å². The molecule has 3 aliphatic rings. The van der Waals surface area contributed by atoms with E-state index in [9.17, 15) is 14.4 Å². The standard InChI is InChI=1S/C33H31NO4/c1-19-13-15-25-20(17-19)14-16-26-33(29(35)23-11-6-7-12-24(23)30(33)36)27(21-9-8-10-22(18-21)38-5)28(34(25)26)31(37)32(2,3)4/h6-18,26-28H,1-5H3/t26?,27-,28+/m1/s1. The highest BCUT2D eigenvalue weighted by atomic mass is 16.5. The molecule has 0 aromatic heterocycles. The largest absolute Gasteiger partial charge is 0.497 e. The molecular weight excluding hydrogens is 474 g/mol. The molecule has 38 heavy (non-hydrogen) atoms. The lowest BCUT2D eigenvalue weighted by molar-refractivity contribution is -0.127. The van der Waals surface area contributed by atoms with Crippen LogP contribution in [0.2, 0.25) is 0 Å². The van der Waals surface area contributed by atoms with E-state index in [0.717, 1.165) is 22.4 Å². The zero-order valence-corrected chi connectivity index (χ0v) is 22.3. The van der Waals surface area contributed by atoms with Crippen LogP contribution in [0.15, 0.2) is 72.8 Å². The number of ether oxygens (including phenoxy) is 1. The number of nitrogens with zero attached hydrogens (tertiary/aromatic N) is 1. The molecule has 6 rings (SSSR count). The van der Waals surface area contributed by atoms with E-state index < -0.39 is 28.8 Å². The third-order valence-electron chi connectivity index (χ3n) is 8.42. The maximum atomic E-state index is 14.6. The summed E-state index contributed by atoms with van der Waals surface area (Å²) >= 11 is 0. The number of hydrogen-bond donors (Lipinski definition) is 0. The molecule has 2 aliphatic heterocycles. The number of Topliss-reactive ketones (excluding diaryl/α,β-unsaturated/α-hetero) is 3. The van der Waals surface area contributed by atoms with Crippen molar-refractivity contribution in [3.05, 3.63) is 101 Å². The molecular formula is C33H31NO4. The zero-order valence-electron chi connectivity index (χ0n) is 22.3. The summed E-state index contributed by atoms with van der Waals surface area (Å²) in [5.74, 6) is -0.536. The Morgan fingerprint density at radius 2 is 1.61 bits per heavy atom. The maximum absolute atomic E-state index is 14.6. The molecule has 3 atom stereocenters. The molecule has 192 valence electrons. The average Bonchev–Trinajstić information content (AvgIpc) is 3.33. The van der Waals surface area contributed by atoms with Crippen molar-refractivity contribution < 1.29 is 19.1 Å². The molecule has 0 radical (unpaired) electrons. The van der Waals surface area contributed by atoms with Crippen molar-refractivity contribution >= 4 is 29.1 Å². The predicted octanol–water partition coefficient (Wildman–Crippen LogP) is 6.05. The Morgan fingerprint density at radius 3 is 2.24 bits per heavy atom. The maximum Gasteiger partial charge on any atom is 0.180 e. The number of carbonyl (C=O) groups excluding carboxylic acids is 3. The minimum absolute atomic E-state index is 0.00873. The van der Waals surface area contributed by atoms with Crippen LogP contribution in [0.3, 0.4) is 0 Å². The van der Waals surface area contributed by atoms with Crippen LogP contribution in [0, 0.1) is 17.8 Å². The lowest BCUT2D eigenvalue weighted by atomic mass is 9.63. The first-order chi connectivity index (χ1) is 18.1. The van der Waals surface area contributed by atoms with Gasteiger partial charge in [-0.1, -0.05) is 81.0 Å². The molecule has 3 aromatic carbocycles. The van der Waals surface area contributed by atoms with Crippen LogP contribution in [0.25, 0.3) is 6.08 Å². The van der Waals surface area contributed by atoms with Gasteiger partial charge in [0.2, 0.25) is 0 Å². The van der Waals surface area contributed by atoms with Crippen molar-refractivity contribution in [2.75, 3.05) is 12.0 Å². The highest BCUT2D eigenvalue weighted by Crippen LogP contribution is 2.61. The molecule has 1 unspecified atom stereocenters. The van der Waals surface area contributed by atoms with Gasteiger partial charge in [-0.25, -0.2) is 0 Å². The molecule has 1 spiro atoms. The van der Waals surface area contributed by atoms with Crippen LogP contribution in [0.5, 0.6) is 5.75 Å². The van der Waals surface area contributed by atoms with Gasteiger partial charge in [0.05, 0.1) is 19.2 Å². The van der Waals surface area contributed by atoms with Gasteiger partial charge in [0.15, 0.2) is 17.3 Å². The second-order valence-electron chi connectivity index (χ2n) is 11.7. The second kappa shape index (κ2) is 8.26. The summed E-state index contributed by atoms with van der Waals surface area (Å²) in [5.41, 5.74) is 2.36. The number of benzene rings is 3. The average molecular weight is 506 g/mol. The molecule has 0 bridgehead atoms. The number of fused-ring (bicyclic) bond motifs is 5. The van der Waals surface area contributed by atoms with Crippen LogP contribution in [-0.2, 0) is 4.79 Å². The number of carbonyl (C=O) groups is 3. The zero-order chi connectivity index (χ0) is 27.0. The molecule has 1 saturated heterocycles. The fourth-order valence-electron chi connectivity index (χ4n) is 6.75. The van der Waals surface area contributed by atoms with Gasteiger partial charge in [0.1, 0.15) is 11.2 Å². The third kappa shape index (κ3) is 3.14. The first kappa shape index (κ1) is 24.4. The highest BCUT2D eigenvalue weighted by molar-refractivity contribution is 6.32. The topological polar surface area (TPSA) is 63.7 Å². The Morgan fingerprint density at radius 1 is 0.921 bits per heavy atom. The Kier molecular flexibility index (Phi) is 5.29. The first-order valence-corrected chi connectivity index (χ1v) is 13.0. The van der Waals surface area contributed by atoms with Gasteiger partial charge in [-0.3, -0.25) is 14.4 Å². The Bertz CT molecular complexity index is 1510. The van der Waals surface area contributed by atoms with Gasteiger partial charge in [0, 0.05) is 28.1 Å². The molecule has 3 aromatic rings. The molecule has 1 aliphatic carbocycles. The van der Waals surface area contributed by atoms with Gasteiger partial charge in [-0.15, -0.1) is 0 Å². The van der Waals surface area contributed by atoms with Crippen molar-refractivity contribution in [1.82, 2.24) is 0 Å². The van der Waals surface area contributed by atoms with Crippen LogP contribution < -0.4 is 9.64 Å². The number of ketones is 3. The van der Waals surface area contributed by atoms with E-state index in [1.807, 2.05) is 76.2 Å². The monoisotopic (exact) mass is 505 g/mol. The Labute approximate surface area is 223 Å². The number of hydrogen-bond acceptors (Lipinski definition) is 5.